The Bertz CT molecular complexity index is 2330. The summed E-state index contributed by atoms with van der Waals surface area (Å²) in [5.74, 6) is 0. The number of benzene rings is 5. The summed E-state index contributed by atoms with van der Waals surface area (Å²) in [6.45, 7) is 0. The average molecular weight is 580 g/mol. The van der Waals surface area contributed by atoms with Crippen LogP contribution in [0.15, 0.2) is 161 Å². The highest BCUT2D eigenvalue weighted by atomic mass is 16.3. The van der Waals surface area contributed by atoms with E-state index in [9.17, 15) is 0 Å². The highest BCUT2D eigenvalue weighted by Gasteiger charge is 2.19. The molecule has 0 N–H and O–H groups in total. The quantitative estimate of drug-likeness (QED) is 0.203. The highest BCUT2D eigenvalue weighted by molar-refractivity contribution is 6.07. The standard InChI is InChI=1S/C40H25N3O2/c1-3-7-26(8-4-1)28-19-29(27-9-5-2-6-10-27)21-32(20-28)43(30-11-13-33-35-24-41-17-15-37(35)44-39(33)22-30)31-12-14-34-36-25-42-18-16-38(36)45-40(34)23-31/h1-25H. The third kappa shape index (κ3) is 4.33. The van der Waals surface area contributed by atoms with E-state index in [2.05, 4.69) is 118 Å². The van der Waals surface area contributed by atoms with Gasteiger partial charge in [-0.2, -0.15) is 0 Å². The molecule has 0 amide bonds. The molecule has 5 aromatic carbocycles. The first-order valence-electron chi connectivity index (χ1n) is 14.9. The lowest BCUT2D eigenvalue weighted by molar-refractivity contribution is 0.668. The lowest BCUT2D eigenvalue weighted by Crippen LogP contribution is -2.10. The van der Waals surface area contributed by atoms with E-state index in [0.29, 0.717) is 0 Å². The van der Waals surface area contributed by atoms with Gasteiger partial charge in [-0.1, -0.05) is 60.7 Å². The van der Waals surface area contributed by atoms with Gasteiger partial charge in [0.05, 0.1) is 0 Å². The first-order chi connectivity index (χ1) is 22.3. The highest BCUT2D eigenvalue weighted by Crippen LogP contribution is 2.43. The second kappa shape index (κ2) is 10.2. The third-order valence-corrected chi connectivity index (χ3v) is 8.42. The summed E-state index contributed by atoms with van der Waals surface area (Å²) in [7, 11) is 0. The minimum atomic E-state index is 0.805. The van der Waals surface area contributed by atoms with Crippen molar-refractivity contribution in [2.75, 3.05) is 4.90 Å². The third-order valence-electron chi connectivity index (χ3n) is 8.42. The lowest BCUT2D eigenvalue weighted by atomic mass is 9.97. The topological polar surface area (TPSA) is 55.3 Å². The molecule has 0 atom stereocenters. The summed E-state index contributed by atoms with van der Waals surface area (Å²) in [5.41, 5.74) is 10.8. The summed E-state index contributed by atoms with van der Waals surface area (Å²) < 4.78 is 12.6. The van der Waals surface area contributed by atoms with Crippen LogP contribution >= 0.6 is 0 Å². The molecule has 0 aliphatic carbocycles. The van der Waals surface area contributed by atoms with Crippen LogP contribution in [0, 0.1) is 0 Å². The Labute approximate surface area is 258 Å². The maximum absolute atomic E-state index is 6.32. The van der Waals surface area contributed by atoms with Crippen molar-refractivity contribution in [3.63, 3.8) is 0 Å². The number of hydrogen-bond donors (Lipinski definition) is 0. The van der Waals surface area contributed by atoms with Crippen LogP contribution in [0.2, 0.25) is 0 Å². The van der Waals surface area contributed by atoms with E-state index in [-0.39, 0.29) is 0 Å². The number of nitrogens with zero attached hydrogens (tertiary/aromatic N) is 3. The SMILES string of the molecule is c1ccc(-c2cc(-c3ccccc3)cc(N(c3ccc4c(c3)oc3ccncc34)c3ccc4c(c3)oc3ccncc34)c2)cc1. The van der Waals surface area contributed by atoms with Gasteiger partial charge in [-0.3, -0.25) is 9.97 Å². The zero-order chi connectivity index (χ0) is 29.7. The van der Waals surface area contributed by atoms with Gasteiger partial charge in [-0.05, 0) is 76.9 Å². The summed E-state index contributed by atoms with van der Waals surface area (Å²) in [4.78, 5) is 10.9. The van der Waals surface area contributed by atoms with Crippen LogP contribution < -0.4 is 4.90 Å². The van der Waals surface area contributed by atoms with Crippen LogP contribution in [0.25, 0.3) is 66.1 Å². The minimum absolute atomic E-state index is 0.805. The largest absolute Gasteiger partial charge is 0.456 e. The minimum Gasteiger partial charge on any atom is -0.456 e. The van der Waals surface area contributed by atoms with E-state index in [4.69, 9.17) is 8.83 Å². The van der Waals surface area contributed by atoms with Gasteiger partial charge in [0, 0.05) is 75.5 Å². The monoisotopic (exact) mass is 579 g/mol. The molecule has 9 aromatic rings. The van der Waals surface area contributed by atoms with E-state index in [1.165, 1.54) is 0 Å². The molecule has 0 radical (unpaired) electrons. The van der Waals surface area contributed by atoms with Gasteiger partial charge in [0.1, 0.15) is 22.3 Å². The normalized spacial score (nSPS) is 11.6. The summed E-state index contributed by atoms with van der Waals surface area (Å²) in [6, 6.07) is 44.4. The van der Waals surface area contributed by atoms with E-state index in [0.717, 1.165) is 83.2 Å². The summed E-state index contributed by atoms with van der Waals surface area (Å²) >= 11 is 0. The lowest BCUT2D eigenvalue weighted by Gasteiger charge is -2.27. The molecule has 5 nitrogen and oxygen atoms in total. The van der Waals surface area contributed by atoms with Crippen molar-refractivity contribution in [3.05, 3.63) is 152 Å². The van der Waals surface area contributed by atoms with Crippen molar-refractivity contribution in [2.24, 2.45) is 0 Å². The van der Waals surface area contributed by atoms with Crippen LogP contribution in [0.1, 0.15) is 0 Å². The van der Waals surface area contributed by atoms with Crippen molar-refractivity contribution in [2.45, 2.75) is 0 Å². The van der Waals surface area contributed by atoms with Gasteiger partial charge < -0.3 is 13.7 Å². The predicted octanol–water partition coefficient (Wildman–Crippen LogP) is 11.1. The molecule has 45 heavy (non-hydrogen) atoms. The summed E-state index contributed by atoms with van der Waals surface area (Å²) in [5, 5.41) is 4.07. The molecule has 0 unspecified atom stereocenters. The molecule has 0 aliphatic heterocycles. The fraction of sp³-hybridized carbons (Fsp3) is 0. The number of rotatable bonds is 5. The van der Waals surface area contributed by atoms with Crippen LogP contribution in [0.5, 0.6) is 0 Å². The molecule has 0 saturated heterocycles. The Morgan fingerprint density at radius 1 is 0.378 bits per heavy atom. The van der Waals surface area contributed by atoms with Gasteiger partial charge in [0.15, 0.2) is 0 Å². The first-order valence-corrected chi connectivity index (χ1v) is 14.9. The maximum Gasteiger partial charge on any atom is 0.138 e. The Morgan fingerprint density at radius 3 is 1.36 bits per heavy atom. The molecular formula is C40H25N3O2. The number of aromatic nitrogens is 2. The van der Waals surface area contributed by atoms with Gasteiger partial charge in [0.2, 0.25) is 0 Å². The van der Waals surface area contributed by atoms with Gasteiger partial charge >= 0.3 is 0 Å². The molecular weight excluding hydrogens is 554 g/mol. The van der Waals surface area contributed by atoms with Crippen molar-refractivity contribution in [1.82, 2.24) is 9.97 Å². The van der Waals surface area contributed by atoms with Gasteiger partial charge in [-0.25, -0.2) is 0 Å². The van der Waals surface area contributed by atoms with Crippen LogP contribution in [0.3, 0.4) is 0 Å². The van der Waals surface area contributed by atoms with Crippen LogP contribution in [-0.4, -0.2) is 9.97 Å². The Hall–Kier alpha value is -6.20. The molecule has 0 spiro atoms. The second-order valence-corrected chi connectivity index (χ2v) is 11.1. The molecule has 0 aliphatic rings. The number of fused-ring (bicyclic) bond motifs is 6. The number of pyridine rings is 2. The van der Waals surface area contributed by atoms with Crippen LogP contribution in [0.4, 0.5) is 17.1 Å². The molecule has 212 valence electrons. The number of furan rings is 2. The van der Waals surface area contributed by atoms with Crippen molar-refractivity contribution < 1.29 is 8.83 Å². The summed E-state index contributed by atoms with van der Waals surface area (Å²) in [6.07, 6.45) is 7.24. The van der Waals surface area contributed by atoms with Crippen molar-refractivity contribution in [3.8, 4) is 22.3 Å². The molecule has 5 heteroatoms. The second-order valence-electron chi connectivity index (χ2n) is 11.1. The smallest absolute Gasteiger partial charge is 0.138 e. The fourth-order valence-corrected chi connectivity index (χ4v) is 6.28. The van der Waals surface area contributed by atoms with Gasteiger partial charge in [0.25, 0.3) is 0 Å². The zero-order valence-corrected chi connectivity index (χ0v) is 24.1. The molecule has 0 bridgehead atoms. The van der Waals surface area contributed by atoms with Crippen molar-refractivity contribution in [1.29, 1.82) is 0 Å². The number of hydrogen-bond acceptors (Lipinski definition) is 5. The van der Waals surface area contributed by atoms with Crippen molar-refractivity contribution >= 4 is 60.9 Å². The molecule has 4 heterocycles. The predicted molar refractivity (Wildman–Crippen MR) is 182 cm³/mol. The molecule has 4 aromatic heterocycles. The van der Waals surface area contributed by atoms with Gasteiger partial charge in [-0.15, -0.1) is 0 Å². The fourth-order valence-electron chi connectivity index (χ4n) is 6.28. The zero-order valence-electron chi connectivity index (χ0n) is 24.1. The van der Waals surface area contributed by atoms with Crippen LogP contribution in [-0.2, 0) is 0 Å². The van der Waals surface area contributed by atoms with E-state index in [1.807, 2.05) is 36.7 Å². The number of anilines is 3. The molecule has 0 fully saturated rings. The maximum atomic E-state index is 6.32. The van der Waals surface area contributed by atoms with E-state index in [1.54, 1.807) is 12.4 Å². The first kappa shape index (κ1) is 25.3. The average Bonchev–Trinajstić information content (AvgIpc) is 3.67. The molecule has 0 saturated carbocycles. The van der Waals surface area contributed by atoms with E-state index >= 15 is 0 Å². The molecule has 9 rings (SSSR count). The Kier molecular flexibility index (Phi) is 5.74. The Morgan fingerprint density at radius 2 is 0.867 bits per heavy atom. The Balaban J connectivity index is 1.31. The van der Waals surface area contributed by atoms with E-state index < -0.39 is 0 Å².